The number of hydrogen-bond donors (Lipinski definition) is 4. The minimum Gasteiger partial charge on any atom is -0.349 e. The Bertz CT molecular complexity index is 913. The molecule has 9 heteroatoms. The predicted octanol–water partition coefficient (Wildman–Crippen LogP) is -0.101. The molecule has 8 nitrogen and oxygen atoms in total. The lowest BCUT2D eigenvalue weighted by molar-refractivity contribution is -0.122. The van der Waals surface area contributed by atoms with E-state index in [1.807, 2.05) is 6.92 Å². The van der Waals surface area contributed by atoms with Gasteiger partial charge in [-0.05, 0) is 36.8 Å². The maximum atomic E-state index is 12.9. The van der Waals surface area contributed by atoms with E-state index in [4.69, 9.17) is 0 Å². The first-order valence-corrected chi connectivity index (χ1v) is 8.94. The van der Waals surface area contributed by atoms with E-state index in [-0.39, 0.29) is 42.5 Å². The quantitative estimate of drug-likeness (QED) is 0.554. The maximum Gasteiger partial charge on any atom is 0.263 e. The molecule has 2 unspecified atom stereocenters. The van der Waals surface area contributed by atoms with Crippen LogP contribution in [0.1, 0.15) is 22.8 Å². The Morgan fingerprint density at radius 2 is 2.00 bits per heavy atom. The van der Waals surface area contributed by atoms with Gasteiger partial charge in [-0.2, -0.15) is 0 Å². The molecule has 0 spiro atoms. The fourth-order valence-electron chi connectivity index (χ4n) is 2.90. The van der Waals surface area contributed by atoms with E-state index in [2.05, 4.69) is 21.5 Å². The summed E-state index contributed by atoms with van der Waals surface area (Å²) in [7, 11) is 0. The summed E-state index contributed by atoms with van der Waals surface area (Å²) < 4.78 is 14.1. The van der Waals surface area contributed by atoms with Crippen molar-refractivity contribution in [3.05, 3.63) is 69.9 Å². The summed E-state index contributed by atoms with van der Waals surface area (Å²) in [6.45, 7) is 2.51. The highest BCUT2D eigenvalue weighted by atomic mass is 19.1. The molecule has 1 aliphatic heterocycles. The summed E-state index contributed by atoms with van der Waals surface area (Å²) in [6, 6.07) is 8.65. The number of aromatic nitrogens is 1. The highest BCUT2D eigenvalue weighted by molar-refractivity contribution is 5.93. The number of amides is 2. The zero-order valence-corrected chi connectivity index (χ0v) is 15.4. The highest BCUT2D eigenvalue weighted by Crippen LogP contribution is 2.03. The molecular formula is C19H22FN5O3. The normalized spacial score (nSPS) is 18.6. The van der Waals surface area contributed by atoms with Crippen molar-refractivity contribution in [3.63, 3.8) is 0 Å². The molecule has 0 aliphatic carbocycles. The second-order valence-electron chi connectivity index (χ2n) is 6.65. The molecule has 1 aliphatic rings. The van der Waals surface area contributed by atoms with Crippen LogP contribution in [0, 0.1) is 5.82 Å². The van der Waals surface area contributed by atoms with E-state index >= 15 is 0 Å². The highest BCUT2D eigenvalue weighted by Gasteiger charge is 2.24. The zero-order valence-electron chi connectivity index (χ0n) is 15.4. The molecule has 28 heavy (non-hydrogen) atoms. The summed E-state index contributed by atoms with van der Waals surface area (Å²) >= 11 is 0. The van der Waals surface area contributed by atoms with Crippen LogP contribution >= 0.6 is 0 Å². The molecule has 2 heterocycles. The van der Waals surface area contributed by atoms with Gasteiger partial charge in [0.25, 0.3) is 11.5 Å². The van der Waals surface area contributed by atoms with Gasteiger partial charge in [0.1, 0.15) is 17.9 Å². The number of rotatable bonds is 6. The number of carbonyl (C=O) groups is 2. The molecule has 0 radical (unpaired) electrons. The van der Waals surface area contributed by atoms with Crippen LogP contribution in [0.5, 0.6) is 0 Å². The molecule has 1 aromatic heterocycles. The SMILES string of the molecule is CC1NNCC1NC(=O)Cn1cccc(C(=O)NCc2ccc(F)cc2)c1=O. The van der Waals surface area contributed by atoms with Crippen LogP contribution < -0.4 is 27.0 Å². The van der Waals surface area contributed by atoms with Gasteiger partial charge < -0.3 is 15.2 Å². The fraction of sp³-hybridized carbons (Fsp3) is 0.316. The second-order valence-corrected chi connectivity index (χ2v) is 6.65. The van der Waals surface area contributed by atoms with E-state index < -0.39 is 11.5 Å². The Morgan fingerprint density at radius 1 is 1.25 bits per heavy atom. The topological polar surface area (TPSA) is 104 Å². The lowest BCUT2D eigenvalue weighted by atomic mass is 10.2. The molecule has 0 bridgehead atoms. The van der Waals surface area contributed by atoms with Gasteiger partial charge in [0.15, 0.2) is 0 Å². The van der Waals surface area contributed by atoms with E-state index in [9.17, 15) is 18.8 Å². The summed E-state index contributed by atoms with van der Waals surface area (Å²) in [6.07, 6.45) is 1.47. The third kappa shape index (κ3) is 4.81. The van der Waals surface area contributed by atoms with E-state index in [0.717, 1.165) is 0 Å². The van der Waals surface area contributed by atoms with E-state index in [0.29, 0.717) is 12.1 Å². The third-order valence-corrected chi connectivity index (χ3v) is 4.55. The summed E-state index contributed by atoms with van der Waals surface area (Å²) in [5.41, 5.74) is 6.04. The molecular weight excluding hydrogens is 365 g/mol. The van der Waals surface area contributed by atoms with Crippen LogP contribution in [-0.2, 0) is 17.9 Å². The number of halogens is 1. The first kappa shape index (κ1) is 19.7. The molecule has 148 valence electrons. The number of hydrogen-bond acceptors (Lipinski definition) is 5. The van der Waals surface area contributed by atoms with E-state index in [1.54, 1.807) is 18.2 Å². The number of nitrogens with one attached hydrogen (secondary N) is 4. The minimum atomic E-state index is -0.554. The van der Waals surface area contributed by atoms with Crippen LogP contribution in [0.25, 0.3) is 0 Å². The van der Waals surface area contributed by atoms with Crippen molar-refractivity contribution >= 4 is 11.8 Å². The average Bonchev–Trinajstić information content (AvgIpc) is 3.07. The van der Waals surface area contributed by atoms with E-state index in [1.165, 1.54) is 29.0 Å². The average molecular weight is 387 g/mol. The van der Waals surface area contributed by atoms with Gasteiger partial charge in [-0.25, -0.2) is 4.39 Å². The van der Waals surface area contributed by atoms with Crippen molar-refractivity contribution < 1.29 is 14.0 Å². The largest absolute Gasteiger partial charge is 0.349 e. The lowest BCUT2D eigenvalue weighted by Gasteiger charge is -2.16. The van der Waals surface area contributed by atoms with Crippen molar-refractivity contribution in [2.45, 2.75) is 32.1 Å². The van der Waals surface area contributed by atoms with Crippen LogP contribution in [-0.4, -0.2) is 35.0 Å². The summed E-state index contributed by atoms with van der Waals surface area (Å²) in [4.78, 5) is 37.1. The lowest BCUT2D eigenvalue weighted by Crippen LogP contribution is -2.45. The Kier molecular flexibility index (Phi) is 6.17. The summed E-state index contributed by atoms with van der Waals surface area (Å²) in [5, 5.41) is 5.48. The zero-order chi connectivity index (χ0) is 20.1. The molecule has 4 N–H and O–H groups in total. The molecule has 3 rings (SSSR count). The van der Waals surface area contributed by atoms with Gasteiger partial charge in [0.2, 0.25) is 5.91 Å². The Morgan fingerprint density at radius 3 is 2.68 bits per heavy atom. The van der Waals surface area contributed by atoms with Crippen LogP contribution in [0.15, 0.2) is 47.4 Å². The number of carbonyl (C=O) groups excluding carboxylic acids is 2. The number of nitrogens with zero attached hydrogens (tertiary/aromatic N) is 1. The Balaban J connectivity index is 1.63. The fourth-order valence-corrected chi connectivity index (χ4v) is 2.90. The Labute approximate surface area is 161 Å². The van der Waals surface area contributed by atoms with Gasteiger partial charge in [-0.3, -0.25) is 25.2 Å². The van der Waals surface area contributed by atoms with Crippen molar-refractivity contribution in [2.75, 3.05) is 6.54 Å². The number of hydrazine groups is 1. The molecule has 1 saturated heterocycles. The molecule has 1 fully saturated rings. The smallest absolute Gasteiger partial charge is 0.263 e. The second kappa shape index (κ2) is 8.77. The van der Waals surface area contributed by atoms with Gasteiger partial charge in [-0.15, -0.1) is 0 Å². The number of benzene rings is 1. The predicted molar refractivity (Wildman–Crippen MR) is 101 cm³/mol. The first-order chi connectivity index (χ1) is 13.4. The Hall–Kier alpha value is -3.04. The minimum absolute atomic E-state index is 0.0602. The summed E-state index contributed by atoms with van der Waals surface area (Å²) in [5.74, 6) is -1.23. The molecule has 1 aromatic carbocycles. The molecule has 0 saturated carbocycles. The van der Waals surface area contributed by atoms with Gasteiger partial charge in [-0.1, -0.05) is 12.1 Å². The van der Waals surface area contributed by atoms with Crippen LogP contribution in [0.2, 0.25) is 0 Å². The van der Waals surface area contributed by atoms with Crippen LogP contribution in [0.4, 0.5) is 4.39 Å². The van der Waals surface area contributed by atoms with Crippen molar-refractivity contribution in [1.82, 2.24) is 26.1 Å². The van der Waals surface area contributed by atoms with Crippen LogP contribution in [0.3, 0.4) is 0 Å². The van der Waals surface area contributed by atoms with Gasteiger partial charge >= 0.3 is 0 Å². The standard InChI is InChI=1S/C19H22FN5O3/c1-12-16(10-22-24-12)23-17(26)11-25-8-2-3-15(19(25)28)18(27)21-9-13-4-6-14(20)7-5-13/h2-8,12,16,22,24H,9-11H2,1H3,(H,21,27)(H,23,26). The monoisotopic (exact) mass is 387 g/mol. The van der Waals surface area contributed by atoms with Crippen molar-refractivity contribution in [1.29, 1.82) is 0 Å². The molecule has 2 atom stereocenters. The third-order valence-electron chi connectivity index (χ3n) is 4.55. The van der Waals surface area contributed by atoms with Gasteiger partial charge in [0.05, 0.1) is 6.04 Å². The number of pyridine rings is 1. The van der Waals surface area contributed by atoms with Crippen molar-refractivity contribution in [2.24, 2.45) is 0 Å². The maximum absolute atomic E-state index is 12.9. The molecule has 2 aromatic rings. The first-order valence-electron chi connectivity index (χ1n) is 8.94. The van der Waals surface area contributed by atoms with Crippen molar-refractivity contribution in [3.8, 4) is 0 Å². The molecule has 2 amide bonds. The van der Waals surface area contributed by atoms with Gasteiger partial charge in [0, 0.05) is 25.3 Å².